The van der Waals surface area contributed by atoms with Crippen molar-refractivity contribution in [2.24, 2.45) is 0 Å². The maximum absolute atomic E-state index is 17.0. The van der Waals surface area contributed by atoms with Crippen molar-refractivity contribution in [1.82, 2.24) is 42.5 Å². The molecule has 7 aromatic rings. The molecule has 23 N–H and O–H groups in total. The molecule has 0 saturated carbocycles. The quantitative estimate of drug-likeness (QED) is 0.0483. The van der Waals surface area contributed by atoms with Gasteiger partial charge in [0.15, 0.2) is 35.3 Å². The van der Waals surface area contributed by atoms with Crippen LogP contribution in [0.25, 0.3) is 11.1 Å². The molecule has 17 bridgehead atoms. The molecule has 0 aliphatic carbocycles. The molecule has 700 valence electrons. The van der Waals surface area contributed by atoms with Crippen LogP contribution in [-0.2, 0) is 74.9 Å². The Hall–Kier alpha value is -12.0. The summed E-state index contributed by atoms with van der Waals surface area (Å²) in [7, 11) is 0. The first-order valence-electron chi connectivity index (χ1n) is 41.9. The average molecular weight is 1860 g/mol. The topological polar surface area (TPSA) is 636 Å². The number of carboxylic acids is 1. The molecule has 0 spiro atoms. The number of aliphatic hydroxyl groups excluding tert-OH is 10. The Morgan fingerprint density at radius 3 is 1.67 bits per heavy atom. The number of carbonyl (C=O) groups is 9. The van der Waals surface area contributed by atoms with E-state index < -0.39 is 310 Å². The van der Waals surface area contributed by atoms with E-state index in [9.17, 15) is 95.8 Å². The minimum absolute atomic E-state index is 0.131. The van der Waals surface area contributed by atoms with Gasteiger partial charge in [-0.3, -0.25) is 38.4 Å². The Kier molecular flexibility index (Phi) is 29.6. The summed E-state index contributed by atoms with van der Waals surface area (Å²) < 4.78 is 57.5. The molecule has 3 fully saturated rings. The molecular weight excluding hydrogens is 1770 g/mol. The van der Waals surface area contributed by atoms with Crippen molar-refractivity contribution in [1.29, 1.82) is 0 Å². The highest BCUT2D eigenvalue weighted by atomic mass is 35.5. The molecule has 9 aliphatic rings. The first-order valence-corrected chi connectivity index (χ1v) is 42.7. The fourth-order valence-electron chi connectivity index (χ4n) is 16.5. The van der Waals surface area contributed by atoms with Gasteiger partial charge in [0, 0.05) is 48.6 Å². The van der Waals surface area contributed by atoms with E-state index in [-0.39, 0.29) is 45.4 Å². The highest BCUT2D eigenvalue weighted by molar-refractivity contribution is 6.32. The van der Waals surface area contributed by atoms with Crippen LogP contribution in [0.4, 0.5) is 0 Å². The number of carbonyl (C=O) groups excluding carboxylic acids is 8. The van der Waals surface area contributed by atoms with E-state index in [0.29, 0.717) is 12.8 Å². The van der Waals surface area contributed by atoms with Gasteiger partial charge in [-0.25, -0.2) is 4.79 Å². The number of rotatable bonds is 20. The van der Waals surface area contributed by atoms with Gasteiger partial charge in [-0.2, -0.15) is 0 Å². The third kappa shape index (κ3) is 21.0. The second kappa shape index (κ2) is 40.8. The molecular formula is C88H96Cl2N8O33. The van der Waals surface area contributed by atoms with Crippen molar-refractivity contribution in [3.8, 4) is 80.1 Å². The number of phenols is 4. The Morgan fingerprint density at radius 1 is 0.481 bits per heavy atom. The van der Waals surface area contributed by atoms with Crippen molar-refractivity contribution in [2.45, 2.75) is 212 Å². The lowest BCUT2D eigenvalue weighted by atomic mass is 9.89. The lowest BCUT2D eigenvalue weighted by Crippen LogP contribution is -2.65. The number of aliphatic carboxylic acids is 1. The third-order valence-corrected chi connectivity index (χ3v) is 23.8. The van der Waals surface area contributed by atoms with Gasteiger partial charge in [0.25, 0.3) is 0 Å². The highest BCUT2D eigenvalue weighted by Gasteiger charge is 2.52. The number of hydrogen-bond acceptors (Lipinski definition) is 32. The molecule has 3 saturated heterocycles. The van der Waals surface area contributed by atoms with E-state index in [1.165, 1.54) is 36.4 Å². The van der Waals surface area contributed by atoms with Crippen molar-refractivity contribution < 1.29 is 162 Å². The molecule has 16 rings (SSSR count). The summed E-state index contributed by atoms with van der Waals surface area (Å²) in [5.74, 6) is -18.9. The van der Waals surface area contributed by atoms with Crippen LogP contribution in [0.5, 0.6) is 69.0 Å². The molecule has 43 heteroatoms. The molecule has 131 heavy (non-hydrogen) atoms. The standard InChI is InChI=1S/C88H96Cl2N8O33/c1-3-4-5-6-7-8-9-10-61(107)93-69-75(113)72(110)59(33-100)128-87(69)131-79-56-27-41-28-57(79)125-53-18-14-39(26-48(53)90)78(130-86-68(91-35(2)102)74(112)71(109)58(32-99)127-86)70-84(120)97-67(85(121)122)46-30-43(104)31-55(126-88-77(115)76(114)73(111)60(34-101)129-88)63(46)45-25-38(13-16-50(45)105)64(81(117)98-70)95-83(119)66(41)96-82(118)65-40-23-42(103)29-44(24-40)123-54-21-37(11-15-51(54)106)22-62(108)92-49(80(116)94-65)20-36-12-17-52(124-56)47(89)19-36/h11-19,21,23-31,49,58-60,64-78,86-88,99-101,103-106,109-115H,3-10,20,22,32-34H2,1-2H3,(H,91,102)(H,92,108)(H,93,107)(H,94,116)(H,95,119)(H,96,118)(H,97,120)(H,98,117)(H,121,122)/t49-,58+,59+,60-,64-,65+,66-,67+,68+,69+,70+,71-,72-,73-,74-,75-,76-,77+,78-,86+,87+,88+/m1/s1. The summed E-state index contributed by atoms with van der Waals surface area (Å²) >= 11 is 14.7. The number of nitrogens with one attached hydrogen (secondary N) is 8. The lowest BCUT2D eigenvalue weighted by molar-refractivity contribution is -0.284. The van der Waals surface area contributed by atoms with Gasteiger partial charge in [-0.15, -0.1) is 0 Å². The van der Waals surface area contributed by atoms with E-state index in [0.717, 1.165) is 118 Å². The summed E-state index contributed by atoms with van der Waals surface area (Å²) in [6.07, 6.45) is -24.1. The van der Waals surface area contributed by atoms with Crippen LogP contribution in [-0.4, -0.2) is 254 Å². The molecule has 22 atom stereocenters. The first-order chi connectivity index (χ1) is 62.6. The van der Waals surface area contributed by atoms with Crippen LogP contribution >= 0.6 is 23.2 Å². The van der Waals surface area contributed by atoms with Gasteiger partial charge in [0.05, 0.1) is 36.3 Å². The number of hydrogen-bond donors (Lipinski definition) is 23. The van der Waals surface area contributed by atoms with Gasteiger partial charge < -0.3 is 162 Å². The van der Waals surface area contributed by atoms with Crippen LogP contribution in [0.3, 0.4) is 0 Å². The number of aromatic hydroxyl groups is 4. The number of fused-ring (bicyclic) bond motifs is 14. The van der Waals surface area contributed by atoms with Gasteiger partial charge in [-0.1, -0.05) is 92.9 Å². The Morgan fingerprint density at radius 2 is 1.04 bits per heavy atom. The van der Waals surface area contributed by atoms with Crippen LogP contribution in [0.2, 0.25) is 10.0 Å². The van der Waals surface area contributed by atoms with Gasteiger partial charge in [0.1, 0.15) is 150 Å². The lowest BCUT2D eigenvalue weighted by Gasteiger charge is -2.44. The fraction of sp³-hybridized carbons (Fsp3) is 0.420. The molecule has 9 heterocycles. The normalized spacial score (nSPS) is 28.4. The minimum Gasteiger partial charge on any atom is -0.508 e. The van der Waals surface area contributed by atoms with Crippen LogP contribution in [0.15, 0.2) is 115 Å². The number of halogens is 2. The molecule has 8 amide bonds. The average Bonchev–Trinajstić information content (AvgIpc) is 0.753. The maximum Gasteiger partial charge on any atom is 0.330 e. The number of carboxylic acid groups (broad SMARTS) is 1. The Labute approximate surface area is 754 Å². The zero-order valence-electron chi connectivity index (χ0n) is 69.7. The van der Waals surface area contributed by atoms with Crippen LogP contribution in [0.1, 0.15) is 134 Å². The number of unbranched alkanes of at least 4 members (excludes halogenated alkanes) is 6. The molecule has 41 nitrogen and oxygen atoms in total. The third-order valence-electron chi connectivity index (χ3n) is 23.2. The fourth-order valence-corrected chi connectivity index (χ4v) is 17.0. The van der Waals surface area contributed by atoms with E-state index in [1.54, 1.807) is 0 Å². The number of ether oxygens (including phenoxy) is 9. The SMILES string of the molecule is CCCCCCCCCC(=O)N[C@@H]1[C@H](Oc2c3cc4cc2Oc2ccc(cc2Cl)[C@@H](O[C@@H]2O[C@@H](CO)[C@@H](O)[C@H](O)[C@@H]2NC(C)=O)[C@@H]2NC(=O)[C@H](NC(=O)[C@@H]4NC(=O)[C@H]4NC(=O)[C@@H](Cc5ccc(c(Cl)c5)O3)NC(=O)Cc3ccc(O)c(c3)Oc3cc(O)cc4c3)c3ccc(O)c(c3)-c3c(O[C@H]4O[C@H](CO)[C@@H](O)[C@@H](O)[C@@H]4O)cc(O)cc3[C@@H](C(=O)O)NC2=O)O[C@@H](CO)[C@@H](O)[C@@H]1O. The predicted molar refractivity (Wildman–Crippen MR) is 450 cm³/mol. The summed E-state index contributed by atoms with van der Waals surface area (Å²) in [6, 6.07) is 3.03. The Balaban J connectivity index is 1.03. The van der Waals surface area contributed by atoms with E-state index in [4.69, 9.17) is 65.8 Å². The molecule has 0 radical (unpaired) electrons. The van der Waals surface area contributed by atoms with Crippen molar-refractivity contribution in [3.63, 3.8) is 0 Å². The van der Waals surface area contributed by atoms with Crippen molar-refractivity contribution in [3.05, 3.63) is 164 Å². The predicted octanol–water partition coefficient (Wildman–Crippen LogP) is 1.71. The number of phenolic OH excluding ortho intramolecular Hbond substituents is 4. The molecule has 7 aromatic carbocycles. The summed E-state index contributed by atoms with van der Waals surface area (Å²) in [5, 5.41) is 190. The zero-order chi connectivity index (χ0) is 93.8. The number of amides is 8. The number of benzene rings is 7. The van der Waals surface area contributed by atoms with Crippen LogP contribution < -0.4 is 66.2 Å². The minimum atomic E-state index is -2.58. The summed E-state index contributed by atoms with van der Waals surface area (Å²) in [4.78, 5) is 138. The summed E-state index contributed by atoms with van der Waals surface area (Å²) in [5.41, 5.74) is -3.46. The number of aliphatic hydroxyl groups is 10. The van der Waals surface area contributed by atoms with Crippen molar-refractivity contribution >= 4 is 76.4 Å². The second-order valence-corrected chi connectivity index (χ2v) is 33.4. The second-order valence-electron chi connectivity index (χ2n) is 32.5. The van der Waals surface area contributed by atoms with Gasteiger partial charge in [0.2, 0.25) is 65.6 Å². The van der Waals surface area contributed by atoms with Crippen molar-refractivity contribution in [2.75, 3.05) is 19.8 Å². The molecule has 9 aliphatic heterocycles. The van der Waals surface area contributed by atoms with E-state index in [2.05, 4.69) is 49.5 Å². The van der Waals surface area contributed by atoms with E-state index in [1.807, 2.05) is 0 Å². The highest BCUT2D eigenvalue weighted by Crippen LogP contribution is 2.51. The van der Waals surface area contributed by atoms with Gasteiger partial charge in [-0.05, 0) is 119 Å². The monoisotopic (exact) mass is 1860 g/mol. The van der Waals surface area contributed by atoms with E-state index >= 15 is 24.0 Å². The zero-order valence-corrected chi connectivity index (χ0v) is 71.2. The smallest absolute Gasteiger partial charge is 0.330 e. The van der Waals surface area contributed by atoms with Crippen LogP contribution in [0, 0.1) is 0 Å². The maximum atomic E-state index is 17.0. The summed E-state index contributed by atoms with van der Waals surface area (Å²) in [6.45, 7) is -0.0888. The molecule has 0 aromatic heterocycles. The van der Waals surface area contributed by atoms with Gasteiger partial charge >= 0.3 is 5.97 Å². The largest absolute Gasteiger partial charge is 0.508 e. The molecule has 0 unspecified atom stereocenters. The Bertz CT molecular complexity index is 5500. The first kappa shape index (κ1) is 95.1.